The second kappa shape index (κ2) is 9.72. The van der Waals surface area contributed by atoms with Crippen molar-refractivity contribution >= 4 is 29.0 Å². The van der Waals surface area contributed by atoms with Crippen molar-refractivity contribution < 1.29 is 37.0 Å². The molecule has 2 aliphatic rings. The molecular weight excluding hydrogens is 512 g/mol. The molecule has 38 heavy (non-hydrogen) atoms. The zero-order chi connectivity index (χ0) is 28.0. The van der Waals surface area contributed by atoms with Crippen LogP contribution in [-0.2, 0) is 14.3 Å². The van der Waals surface area contributed by atoms with Gasteiger partial charge in [0.25, 0.3) is 5.78 Å². The predicted octanol–water partition coefficient (Wildman–Crippen LogP) is 3.44. The number of rotatable bonds is 8. The molecule has 2 aromatic heterocycles. The number of aryl methyl sites for hydroxylation is 1. The molecule has 1 amide bonds. The van der Waals surface area contributed by atoms with Crippen molar-refractivity contribution in [3.05, 3.63) is 47.4 Å². The second-order valence-electron chi connectivity index (χ2n) is 9.37. The van der Waals surface area contributed by atoms with Crippen LogP contribution in [0, 0.1) is 6.92 Å². The van der Waals surface area contributed by atoms with Crippen molar-refractivity contribution in [3.8, 4) is 0 Å². The third kappa shape index (κ3) is 4.70. The minimum atomic E-state index is -4.63. The van der Waals surface area contributed by atoms with Gasteiger partial charge in [-0.2, -0.15) is 27.8 Å². The molecular formula is C24H26F4N6O4. The van der Waals surface area contributed by atoms with Gasteiger partial charge in [0.1, 0.15) is 29.8 Å². The maximum absolute atomic E-state index is 15.7. The van der Waals surface area contributed by atoms with Crippen molar-refractivity contribution in [2.24, 2.45) is 0 Å². The number of carboxylic acids is 1. The molecule has 3 heterocycles. The first kappa shape index (κ1) is 27.1. The van der Waals surface area contributed by atoms with Gasteiger partial charge in [-0.3, -0.25) is 4.79 Å². The van der Waals surface area contributed by atoms with Crippen molar-refractivity contribution in [1.29, 1.82) is 0 Å². The van der Waals surface area contributed by atoms with Gasteiger partial charge in [0.15, 0.2) is 0 Å². The lowest BCUT2D eigenvalue weighted by Crippen LogP contribution is -2.55. The Morgan fingerprint density at radius 1 is 1.34 bits per heavy atom. The normalized spacial score (nSPS) is 20.0. The van der Waals surface area contributed by atoms with E-state index in [-0.39, 0.29) is 48.1 Å². The molecule has 1 aliphatic heterocycles. The van der Waals surface area contributed by atoms with Crippen LogP contribution in [0.1, 0.15) is 37.9 Å². The molecule has 1 unspecified atom stereocenters. The van der Waals surface area contributed by atoms with E-state index in [4.69, 9.17) is 9.84 Å². The summed E-state index contributed by atoms with van der Waals surface area (Å²) in [6.45, 7) is 4.41. The number of carbonyl (C=O) groups is 2. The molecule has 2 atom stereocenters. The first-order chi connectivity index (χ1) is 17.8. The molecule has 0 saturated carbocycles. The van der Waals surface area contributed by atoms with Crippen LogP contribution >= 0.6 is 0 Å². The predicted molar refractivity (Wildman–Crippen MR) is 128 cm³/mol. The average molecular weight is 539 g/mol. The summed E-state index contributed by atoms with van der Waals surface area (Å²) < 4.78 is 64.9. The quantitative estimate of drug-likeness (QED) is 0.309. The fourth-order valence-electron chi connectivity index (χ4n) is 4.96. The summed E-state index contributed by atoms with van der Waals surface area (Å²) in [4.78, 5) is 33.2. The molecule has 4 rings (SSSR count). The summed E-state index contributed by atoms with van der Waals surface area (Å²) >= 11 is 0. The van der Waals surface area contributed by atoms with E-state index in [1.807, 2.05) is 0 Å². The number of ether oxygens (including phenoxy) is 1. The van der Waals surface area contributed by atoms with Crippen LogP contribution in [-0.4, -0.2) is 79.4 Å². The Kier molecular flexibility index (Phi) is 6.93. The minimum Gasteiger partial charge on any atom is -0.498 e. The highest BCUT2D eigenvalue weighted by molar-refractivity contribution is 5.94. The van der Waals surface area contributed by atoms with Crippen LogP contribution in [0.3, 0.4) is 0 Å². The summed E-state index contributed by atoms with van der Waals surface area (Å²) in [5.41, 5.74) is -0.819. The smallest absolute Gasteiger partial charge is 0.408 e. The van der Waals surface area contributed by atoms with E-state index in [1.165, 1.54) is 29.7 Å². The highest BCUT2D eigenvalue weighted by Crippen LogP contribution is 2.56. The zero-order valence-electron chi connectivity index (χ0n) is 21.1. The lowest BCUT2D eigenvalue weighted by atomic mass is 9.81. The van der Waals surface area contributed by atoms with Gasteiger partial charge >= 0.3 is 12.1 Å². The number of likely N-dealkylation sites (N-methyl/N-ethyl adjacent to an activating group) is 1. The van der Waals surface area contributed by atoms with E-state index < -0.39 is 35.5 Å². The number of hydrogen-bond donors (Lipinski definition) is 1. The molecule has 0 radical (unpaired) electrons. The molecule has 2 aromatic rings. The Hall–Kier alpha value is -3.97. The van der Waals surface area contributed by atoms with Crippen LogP contribution in [0.15, 0.2) is 36.1 Å². The van der Waals surface area contributed by atoms with Crippen molar-refractivity contribution in [2.75, 3.05) is 25.1 Å². The first-order valence-electron chi connectivity index (χ1n) is 11.7. The maximum atomic E-state index is 15.7. The molecule has 14 heteroatoms. The Bertz CT molecular complexity index is 1380. The summed E-state index contributed by atoms with van der Waals surface area (Å²) in [5.74, 6) is -2.18. The van der Waals surface area contributed by atoms with E-state index in [9.17, 15) is 22.8 Å². The number of anilines is 1. The average Bonchev–Trinajstić information content (AvgIpc) is 3.38. The van der Waals surface area contributed by atoms with Crippen molar-refractivity contribution in [3.63, 3.8) is 0 Å². The van der Waals surface area contributed by atoms with E-state index in [2.05, 4.69) is 15.1 Å². The summed E-state index contributed by atoms with van der Waals surface area (Å²) in [5, 5.41) is 12.7. The molecule has 0 spiro atoms. The highest BCUT2D eigenvalue weighted by atomic mass is 19.4. The van der Waals surface area contributed by atoms with Gasteiger partial charge in [0.05, 0.1) is 17.8 Å². The number of nitrogens with zero attached hydrogens (tertiary/aromatic N) is 6. The number of aromatic nitrogens is 4. The van der Waals surface area contributed by atoms with Gasteiger partial charge in [0.2, 0.25) is 5.91 Å². The third-order valence-corrected chi connectivity index (χ3v) is 6.71. The third-order valence-electron chi connectivity index (χ3n) is 6.71. The monoisotopic (exact) mass is 538 g/mol. The summed E-state index contributed by atoms with van der Waals surface area (Å²) in [6, 6.07) is -2.00. The number of carbonyl (C=O) groups excluding carboxylic acids is 1. The Balaban J connectivity index is 1.61. The Labute approximate surface area is 214 Å². The van der Waals surface area contributed by atoms with Crippen LogP contribution in [0.25, 0.3) is 11.4 Å². The number of fused-ring (bicyclic) bond motifs is 5. The second-order valence-corrected chi connectivity index (χ2v) is 9.37. The van der Waals surface area contributed by atoms with Crippen LogP contribution in [0.2, 0.25) is 0 Å². The number of halogens is 4. The van der Waals surface area contributed by atoms with Crippen LogP contribution < -0.4 is 4.90 Å². The van der Waals surface area contributed by atoms with Gasteiger partial charge in [-0.25, -0.2) is 14.2 Å². The molecule has 0 aromatic carbocycles. The van der Waals surface area contributed by atoms with Crippen molar-refractivity contribution in [2.45, 2.75) is 51.4 Å². The van der Waals surface area contributed by atoms with Crippen molar-refractivity contribution in [1.82, 2.24) is 24.5 Å². The maximum Gasteiger partial charge on any atom is 0.408 e. The fraction of sp³-hybridized carbons (Fsp3) is 0.458. The highest BCUT2D eigenvalue weighted by Gasteiger charge is 2.57. The molecule has 1 N–H and O–H groups in total. The Morgan fingerprint density at radius 2 is 2.05 bits per heavy atom. The van der Waals surface area contributed by atoms with Gasteiger partial charge in [-0.05, 0) is 27.2 Å². The van der Waals surface area contributed by atoms with Crippen LogP contribution in [0.5, 0.6) is 0 Å². The van der Waals surface area contributed by atoms with E-state index in [0.29, 0.717) is 12.1 Å². The van der Waals surface area contributed by atoms with E-state index >= 15 is 4.39 Å². The molecule has 0 fully saturated rings. The van der Waals surface area contributed by atoms with Gasteiger partial charge in [-0.1, -0.05) is 0 Å². The number of carboxylic acid groups (broad SMARTS) is 1. The standard InChI is InChI=1S/C24H26F4N6O4/c1-13-19-20-16(25)10-15(38-9-5-8-32(4)17(35)6-7-18(36)37)11-23(20,3)33(14(2)24(26,27)28)21(19)34-22(31-13)29-12-30-34/h6-7,10,12,14H,5,8-9,11H2,1-4H3,(H,36,37)/b7-6+/t14-,23?/m0/s1. The number of hydrogen-bond acceptors (Lipinski definition) is 7. The SMILES string of the molecule is Cc1nc2ncnn2c2c1C1=C(F)C=C(OCCCN(C)C(=O)/C=C/C(=O)O)CC1(C)N2[C@@H](C)C(F)(F)F. The molecule has 204 valence electrons. The number of alkyl halides is 3. The van der Waals surface area contributed by atoms with Gasteiger partial charge in [0, 0.05) is 49.4 Å². The largest absolute Gasteiger partial charge is 0.498 e. The van der Waals surface area contributed by atoms with Gasteiger partial charge in [-0.15, -0.1) is 0 Å². The number of aliphatic carboxylic acids is 1. The molecule has 0 bridgehead atoms. The Morgan fingerprint density at radius 3 is 2.71 bits per heavy atom. The lowest BCUT2D eigenvalue weighted by molar-refractivity contribution is -0.147. The zero-order valence-corrected chi connectivity index (χ0v) is 21.1. The number of amides is 1. The molecule has 1 aliphatic carbocycles. The summed E-state index contributed by atoms with van der Waals surface area (Å²) in [6.07, 6.45) is -0.376. The minimum absolute atomic E-state index is 0.0560. The van der Waals surface area contributed by atoms with Crippen LogP contribution in [0.4, 0.5) is 23.4 Å². The van der Waals surface area contributed by atoms with Gasteiger partial charge < -0.3 is 19.6 Å². The molecule has 10 nitrogen and oxygen atoms in total. The topological polar surface area (TPSA) is 113 Å². The molecule has 0 saturated heterocycles. The lowest BCUT2D eigenvalue weighted by Gasteiger charge is -2.43. The van der Waals surface area contributed by atoms with E-state index in [0.717, 1.165) is 30.1 Å². The number of allylic oxidation sites excluding steroid dienone is 2. The fourth-order valence-corrected chi connectivity index (χ4v) is 4.96. The first-order valence-corrected chi connectivity index (χ1v) is 11.7. The summed E-state index contributed by atoms with van der Waals surface area (Å²) in [7, 11) is 1.48. The van der Waals surface area contributed by atoms with E-state index in [1.54, 1.807) is 6.92 Å².